The van der Waals surface area contributed by atoms with E-state index in [9.17, 15) is 0 Å². The average Bonchev–Trinajstić information content (AvgIpc) is 2.90. The van der Waals surface area contributed by atoms with E-state index < -0.39 is 0 Å². The van der Waals surface area contributed by atoms with E-state index in [1.54, 1.807) is 0 Å². The van der Waals surface area contributed by atoms with Crippen LogP contribution < -0.4 is 5.32 Å². The minimum atomic E-state index is 0.128. The molecule has 3 rings (SSSR count). The van der Waals surface area contributed by atoms with Crippen LogP contribution in [0.3, 0.4) is 0 Å². The first kappa shape index (κ1) is 10.8. The van der Waals surface area contributed by atoms with E-state index in [0.717, 1.165) is 22.5 Å². The summed E-state index contributed by atoms with van der Waals surface area (Å²) in [6, 6.07) is 4.10. The zero-order valence-electron chi connectivity index (χ0n) is 9.93. The van der Waals surface area contributed by atoms with Gasteiger partial charge in [-0.1, -0.05) is 0 Å². The number of nitrogens with one attached hydrogen (secondary N) is 1. The molecule has 0 amide bonds. The summed E-state index contributed by atoms with van der Waals surface area (Å²) in [5.41, 5.74) is 0. The van der Waals surface area contributed by atoms with E-state index in [1.165, 1.54) is 24.4 Å². The van der Waals surface area contributed by atoms with E-state index >= 15 is 0 Å². The summed E-state index contributed by atoms with van der Waals surface area (Å²) in [5.74, 6) is 3.48. The maximum absolute atomic E-state index is 5.58. The van der Waals surface area contributed by atoms with Crippen LogP contribution >= 0.6 is 11.5 Å². The van der Waals surface area contributed by atoms with E-state index in [0.29, 0.717) is 5.92 Å². The molecule has 0 saturated heterocycles. The van der Waals surface area contributed by atoms with Crippen molar-refractivity contribution in [2.24, 2.45) is 0 Å². The fraction of sp³-hybridized carbons (Fsp3) is 0.500. The van der Waals surface area contributed by atoms with Gasteiger partial charge in [0.1, 0.15) is 17.3 Å². The largest absolute Gasteiger partial charge is 0.464 e. The van der Waals surface area contributed by atoms with E-state index in [2.05, 4.69) is 21.6 Å². The highest BCUT2D eigenvalue weighted by molar-refractivity contribution is 7.09. The molecule has 2 heterocycles. The molecule has 1 atom stereocenters. The van der Waals surface area contributed by atoms with Crippen LogP contribution in [-0.2, 0) is 0 Å². The Bertz CT molecular complexity index is 515. The molecule has 0 aliphatic heterocycles. The molecular weight excluding hydrogens is 234 g/mol. The average molecular weight is 249 g/mol. The Morgan fingerprint density at radius 3 is 2.94 bits per heavy atom. The summed E-state index contributed by atoms with van der Waals surface area (Å²) in [6.07, 6.45) is 2.48. The molecule has 0 radical (unpaired) electrons. The standard InChI is InChI=1S/C12H15N3OS/c1-7-3-6-10(16-7)8(2)13-12-14-11(15-17-12)9-4-5-9/h3,6,8-9H,4-5H2,1-2H3,(H,13,14,15). The Balaban J connectivity index is 1.68. The van der Waals surface area contributed by atoms with Crippen molar-refractivity contribution >= 4 is 16.7 Å². The van der Waals surface area contributed by atoms with Crippen LogP contribution in [0.15, 0.2) is 16.5 Å². The third-order valence-corrected chi connectivity index (χ3v) is 3.57. The van der Waals surface area contributed by atoms with Gasteiger partial charge in [-0.05, 0) is 38.8 Å². The highest BCUT2D eigenvalue weighted by atomic mass is 32.1. The fourth-order valence-electron chi connectivity index (χ4n) is 1.74. The predicted octanol–water partition coefficient (Wildman–Crippen LogP) is 3.49. The van der Waals surface area contributed by atoms with Gasteiger partial charge in [0.15, 0.2) is 0 Å². The molecule has 5 heteroatoms. The van der Waals surface area contributed by atoms with E-state index in [1.807, 2.05) is 19.1 Å². The van der Waals surface area contributed by atoms with Crippen molar-refractivity contribution in [3.8, 4) is 0 Å². The first-order valence-electron chi connectivity index (χ1n) is 5.89. The summed E-state index contributed by atoms with van der Waals surface area (Å²) in [5, 5.41) is 4.21. The number of aromatic nitrogens is 2. The molecule has 4 nitrogen and oxygen atoms in total. The van der Waals surface area contributed by atoms with Gasteiger partial charge in [-0.3, -0.25) is 0 Å². The first-order chi connectivity index (χ1) is 8.22. The van der Waals surface area contributed by atoms with Gasteiger partial charge in [-0.15, -0.1) is 0 Å². The van der Waals surface area contributed by atoms with Gasteiger partial charge < -0.3 is 9.73 Å². The number of aryl methyl sites for hydroxylation is 1. The summed E-state index contributed by atoms with van der Waals surface area (Å²) < 4.78 is 9.95. The summed E-state index contributed by atoms with van der Waals surface area (Å²) >= 11 is 1.43. The molecular formula is C12H15N3OS. The lowest BCUT2D eigenvalue weighted by molar-refractivity contribution is 0.467. The quantitative estimate of drug-likeness (QED) is 0.901. The normalized spacial score (nSPS) is 17.1. The van der Waals surface area contributed by atoms with Crippen molar-refractivity contribution < 1.29 is 4.42 Å². The van der Waals surface area contributed by atoms with Crippen LogP contribution in [0.2, 0.25) is 0 Å². The van der Waals surface area contributed by atoms with E-state index in [-0.39, 0.29) is 6.04 Å². The van der Waals surface area contributed by atoms with Crippen LogP contribution in [0.25, 0.3) is 0 Å². The van der Waals surface area contributed by atoms with Gasteiger partial charge in [0.2, 0.25) is 5.13 Å². The van der Waals surface area contributed by atoms with Crippen molar-refractivity contribution in [2.45, 2.75) is 38.6 Å². The van der Waals surface area contributed by atoms with Gasteiger partial charge >= 0.3 is 0 Å². The van der Waals surface area contributed by atoms with E-state index in [4.69, 9.17) is 4.42 Å². The molecule has 1 aliphatic rings. The second-order valence-corrected chi connectivity index (χ2v) is 5.30. The molecule has 1 unspecified atom stereocenters. The second-order valence-electron chi connectivity index (χ2n) is 4.55. The van der Waals surface area contributed by atoms with Gasteiger partial charge in [0, 0.05) is 17.5 Å². The van der Waals surface area contributed by atoms with Crippen molar-refractivity contribution in [1.29, 1.82) is 0 Å². The lowest BCUT2D eigenvalue weighted by Crippen LogP contribution is -2.05. The molecule has 1 saturated carbocycles. The van der Waals surface area contributed by atoms with Crippen molar-refractivity contribution in [3.05, 3.63) is 29.5 Å². The number of furan rings is 1. The number of nitrogens with zero attached hydrogens (tertiary/aromatic N) is 2. The van der Waals surface area contributed by atoms with Crippen LogP contribution in [0, 0.1) is 6.92 Å². The fourth-order valence-corrected chi connectivity index (χ4v) is 2.48. The third-order valence-electron chi connectivity index (χ3n) is 2.91. The molecule has 0 aromatic carbocycles. The molecule has 17 heavy (non-hydrogen) atoms. The molecule has 0 spiro atoms. The van der Waals surface area contributed by atoms with Gasteiger partial charge in [0.05, 0.1) is 6.04 Å². The smallest absolute Gasteiger partial charge is 0.203 e. The molecule has 1 fully saturated rings. The maximum atomic E-state index is 5.58. The number of rotatable bonds is 4. The minimum Gasteiger partial charge on any atom is -0.464 e. The molecule has 90 valence electrons. The molecule has 1 aliphatic carbocycles. The SMILES string of the molecule is Cc1ccc(C(C)Nc2nc(C3CC3)ns2)o1. The molecule has 1 N–H and O–H groups in total. The number of hydrogen-bond donors (Lipinski definition) is 1. The summed E-state index contributed by atoms with van der Waals surface area (Å²) in [7, 11) is 0. The second kappa shape index (κ2) is 4.14. The predicted molar refractivity (Wildman–Crippen MR) is 67.4 cm³/mol. The van der Waals surface area contributed by atoms with Gasteiger partial charge in [0.25, 0.3) is 0 Å². The van der Waals surface area contributed by atoms with Crippen LogP contribution in [0.1, 0.15) is 49.1 Å². The lowest BCUT2D eigenvalue weighted by Gasteiger charge is -2.08. The summed E-state index contributed by atoms with van der Waals surface area (Å²) in [6.45, 7) is 4.02. The Labute approximate surface area is 104 Å². The molecule has 2 aromatic heterocycles. The highest BCUT2D eigenvalue weighted by Crippen LogP contribution is 2.39. The zero-order valence-corrected chi connectivity index (χ0v) is 10.8. The Morgan fingerprint density at radius 1 is 1.47 bits per heavy atom. The lowest BCUT2D eigenvalue weighted by atomic mass is 10.2. The van der Waals surface area contributed by atoms with Crippen LogP contribution in [-0.4, -0.2) is 9.36 Å². The Kier molecular flexibility index (Phi) is 2.63. The van der Waals surface area contributed by atoms with Crippen molar-refractivity contribution in [3.63, 3.8) is 0 Å². The first-order valence-corrected chi connectivity index (χ1v) is 6.66. The third kappa shape index (κ3) is 2.34. The maximum Gasteiger partial charge on any atom is 0.203 e. The van der Waals surface area contributed by atoms with Crippen LogP contribution in [0.4, 0.5) is 5.13 Å². The topological polar surface area (TPSA) is 51.0 Å². The Morgan fingerprint density at radius 2 is 2.29 bits per heavy atom. The summed E-state index contributed by atoms with van der Waals surface area (Å²) in [4.78, 5) is 4.50. The van der Waals surface area contributed by atoms with Crippen molar-refractivity contribution in [1.82, 2.24) is 9.36 Å². The van der Waals surface area contributed by atoms with Crippen molar-refractivity contribution in [2.75, 3.05) is 5.32 Å². The monoisotopic (exact) mass is 249 g/mol. The number of anilines is 1. The minimum absolute atomic E-state index is 0.128. The Hall–Kier alpha value is -1.36. The van der Waals surface area contributed by atoms with Crippen LogP contribution in [0.5, 0.6) is 0 Å². The zero-order chi connectivity index (χ0) is 11.8. The van der Waals surface area contributed by atoms with Gasteiger partial charge in [-0.25, -0.2) is 4.98 Å². The highest BCUT2D eigenvalue weighted by Gasteiger charge is 2.28. The molecule has 0 bridgehead atoms. The van der Waals surface area contributed by atoms with Gasteiger partial charge in [-0.2, -0.15) is 4.37 Å². The number of hydrogen-bond acceptors (Lipinski definition) is 5. The molecule has 2 aromatic rings.